The second kappa shape index (κ2) is 4.84. The van der Waals surface area contributed by atoms with Gasteiger partial charge in [0.2, 0.25) is 0 Å². The van der Waals surface area contributed by atoms with E-state index in [0.29, 0.717) is 5.69 Å². The Balaban J connectivity index is 2.20. The van der Waals surface area contributed by atoms with Crippen molar-refractivity contribution in [2.24, 2.45) is 5.73 Å². The minimum atomic E-state index is -0.488. The first kappa shape index (κ1) is 11.4. The number of aromatic amines is 1. The summed E-state index contributed by atoms with van der Waals surface area (Å²) in [5, 5.41) is 12.0. The minimum absolute atomic E-state index is 0.0363. The Hall–Kier alpha value is -1.07. The Bertz CT molecular complexity index is 390. The molecule has 0 spiro atoms. The SMILES string of the molecule is NC(CO)c1cc(=O)n(C2CCCCC2)[nH]1. The number of nitrogens with two attached hydrogens (primary N) is 1. The number of aliphatic hydroxyl groups excluding tert-OH is 1. The minimum Gasteiger partial charge on any atom is -0.394 e. The fourth-order valence-electron chi connectivity index (χ4n) is 2.33. The van der Waals surface area contributed by atoms with Crippen molar-refractivity contribution in [3.05, 3.63) is 22.1 Å². The van der Waals surface area contributed by atoms with Gasteiger partial charge >= 0.3 is 0 Å². The van der Waals surface area contributed by atoms with Crippen LogP contribution in [-0.4, -0.2) is 21.5 Å². The number of nitrogens with zero attached hydrogens (tertiary/aromatic N) is 1. The van der Waals surface area contributed by atoms with E-state index in [2.05, 4.69) is 5.10 Å². The first-order valence-electron chi connectivity index (χ1n) is 5.90. The van der Waals surface area contributed by atoms with Gasteiger partial charge in [-0.3, -0.25) is 9.89 Å². The van der Waals surface area contributed by atoms with Crippen molar-refractivity contribution in [2.75, 3.05) is 6.61 Å². The van der Waals surface area contributed by atoms with Gasteiger partial charge < -0.3 is 10.8 Å². The fraction of sp³-hybridized carbons (Fsp3) is 0.727. The Morgan fingerprint density at radius 1 is 1.50 bits per heavy atom. The van der Waals surface area contributed by atoms with Crippen LogP contribution in [0.5, 0.6) is 0 Å². The van der Waals surface area contributed by atoms with E-state index < -0.39 is 6.04 Å². The highest BCUT2D eigenvalue weighted by Gasteiger charge is 2.19. The standard InChI is InChI=1S/C11H19N3O2/c12-9(7-15)10-6-11(16)14(13-10)8-4-2-1-3-5-8/h6,8-9,13,15H,1-5,7,12H2. The Kier molecular flexibility index (Phi) is 3.46. The Morgan fingerprint density at radius 3 is 2.81 bits per heavy atom. The fourth-order valence-corrected chi connectivity index (χ4v) is 2.33. The van der Waals surface area contributed by atoms with Crippen LogP contribution in [0.25, 0.3) is 0 Å². The average Bonchev–Trinajstić information content (AvgIpc) is 2.71. The Morgan fingerprint density at radius 2 is 2.19 bits per heavy atom. The lowest BCUT2D eigenvalue weighted by molar-refractivity contribution is 0.263. The molecule has 1 aromatic heterocycles. The maximum Gasteiger partial charge on any atom is 0.267 e. The van der Waals surface area contributed by atoms with Crippen LogP contribution in [0.15, 0.2) is 10.9 Å². The lowest BCUT2D eigenvalue weighted by Gasteiger charge is -2.22. The van der Waals surface area contributed by atoms with Gasteiger partial charge in [-0.05, 0) is 12.8 Å². The summed E-state index contributed by atoms with van der Waals surface area (Å²) in [5.74, 6) is 0. The molecule has 5 nitrogen and oxygen atoms in total. The zero-order valence-electron chi connectivity index (χ0n) is 9.35. The molecular formula is C11H19N3O2. The van der Waals surface area contributed by atoms with Crippen LogP contribution in [-0.2, 0) is 0 Å². The Labute approximate surface area is 94.2 Å². The maximum atomic E-state index is 11.8. The number of nitrogens with one attached hydrogen (secondary N) is 1. The van der Waals surface area contributed by atoms with Crippen molar-refractivity contribution in [3.63, 3.8) is 0 Å². The van der Waals surface area contributed by atoms with E-state index in [1.54, 1.807) is 4.68 Å². The number of hydrogen-bond donors (Lipinski definition) is 3. The van der Waals surface area contributed by atoms with Gasteiger partial charge in [0, 0.05) is 6.07 Å². The number of aromatic nitrogens is 2. The highest BCUT2D eigenvalue weighted by Crippen LogP contribution is 2.26. The van der Waals surface area contributed by atoms with Gasteiger partial charge in [-0.25, -0.2) is 4.68 Å². The summed E-state index contributed by atoms with van der Waals surface area (Å²) in [6, 6.07) is 1.29. The molecule has 0 radical (unpaired) electrons. The molecule has 0 amide bonds. The second-order valence-electron chi connectivity index (χ2n) is 4.50. The summed E-state index contributed by atoms with van der Waals surface area (Å²) in [7, 11) is 0. The lowest BCUT2D eigenvalue weighted by Crippen LogP contribution is -2.24. The first-order chi connectivity index (χ1) is 7.72. The molecule has 5 heteroatoms. The van der Waals surface area contributed by atoms with Crippen molar-refractivity contribution in [1.29, 1.82) is 0 Å². The number of aliphatic hydroxyl groups is 1. The van der Waals surface area contributed by atoms with Crippen molar-refractivity contribution in [3.8, 4) is 0 Å². The third-order valence-electron chi connectivity index (χ3n) is 3.30. The summed E-state index contributed by atoms with van der Waals surface area (Å²) < 4.78 is 1.67. The smallest absolute Gasteiger partial charge is 0.267 e. The van der Waals surface area contributed by atoms with Crippen LogP contribution in [0.2, 0.25) is 0 Å². The van der Waals surface area contributed by atoms with Crippen LogP contribution < -0.4 is 11.3 Å². The summed E-state index contributed by atoms with van der Waals surface area (Å²) in [6.45, 7) is -0.148. The molecule has 1 saturated carbocycles. The molecule has 1 fully saturated rings. The molecule has 90 valence electrons. The topological polar surface area (TPSA) is 84.0 Å². The molecular weight excluding hydrogens is 206 g/mol. The van der Waals surface area contributed by atoms with Gasteiger partial charge in [-0.15, -0.1) is 0 Å². The molecule has 1 atom stereocenters. The number of H-pyrrole nitrogens is 1. The van der Waals surface area contributed by atoms with Crippen LogP contribution in [0.1, 0.15) is 49.9 Å². The summed E-state index contributed by atoms with van der Waals surface area (Å²) >= 11 is 0. The van der Waals surface area contributed by atoms with E-state index in [0.717, 1.165) is 12.8 Å². The summed E-state index contributed by atoms with van der Waals surface area (Å²) in [4.78, 5) is 11.8. The van der Waals surface area contributed by atoms with Crippen molar-refractivity contribution >= 4 is 0 Å². The van der Waals surface area contributed by atoms with Crippen LogP contribution in [0.4, 0.5) is 0 Å². The highest BCUT2D eigenvalue weighted by atomic mass is 16.3. The predicted molar refractivity (Wildman–Crippen MR) is 61.2 cm³/mol. The monoisotopic (exact) mass is 225 g/mol. The van der Waals surface area contributed by atoms with Crippen LogP contribution in [0.3, 0.4) is 0 Å². The maximum absolute atomic E-state index is 11.8. The zero-order chi connectivity index (χ0) is 11.5. The third kappa shape index (κ3) is 2.20. The highest BCUT2D eigenvalue weighted by molar-refractivity contribution is 5.05. The van der Waals surface area contributed by atoms with Gasteiger partial charge in [-0.2, -0.15) is 0 Å². The van der Waals surface area contributed by atoms with Gasteiger partial charge in [0.1, 0.15) is 0 Å². The predicted octanol–water partition coefficient (Wildman–Crippen LogP) is 0.674. The average molecular weight is 225 g/mol. The second-order valence-corrected chi connectivity index (χ2v) is 4.50. The molecule has 0 aliphatic heterocycles. The molecule has 2 rings (SSSR count). The summed E-state index contributed by atoms with van der Waals surface area (Å²) in [5.41, 5.74) is 6.26. The molecule has 0 saturated heterocycles. The van der Waals surface area contributed by atoms with Crippen molar-refractivity contribution in [1.82, 2.24) is 9.78 Å². The molecule has 0 aromatic carbocycles. The van der Waals surface area contributed by atoms with Crippen molar-refractivity contribution < 1.29 is 5.11 Å². The molecule has 16 heavy (non-hydrogen) atoms. The summed E-state index contributed by atoms with van der Waals surface area (Å²) in [6.07, 6.45) is 5.71. The van der Waals surface area contributed by atoms with Crippen molar-refractivity contribution in [2.45, 2.75) is 44.2 Å². The lowest BCUT2D eigenvalue weighted by atomic mass is 9.96. The van der Waals surface area contributed by atoms with E-state index in [-0.39, 0.29) is 18.2 Å². The first-order valence-corrected chi connectivity index (χ1v) is 5.90. The van der Waals surface area contributed by atoms with Crippen LogP contribution in [0, 0.1) is 0 Å². The molecule has 0 bridgehead atoms. The normalized spacial score (nSPS) is 19.9. The van der Waals surface area contributed by atoms with Gasteiger partial charge in [0.15, 0.2) is 0 Å². The molecule has 1 aliphatic rings. The number of hydrogen-bond acceptors (Lipinski definition) is 3. The molecule has 1 aliphatic carbocycles. The van der Waals surface area contributed by atoms with E-state index in [4.69, 9.17) is 10.8 Å². The molecule has 1 aromatic rings. The van der Waals surface area contributed by atoms with Crippen LogP contribution >= 0.6 is 0 Å². The van der Waals surface area contributed by atoms with E-state index in [1.807, 2.05) is 0 Å². The van der Waals surface area contributed by atoms with Gasteiger partial charge in [-0.1, -0.05) is 19.3 Å². The molecule has 1 unspecified atom stereocenters. The van der Waals surface area contributed by atoms with E-state index in [9.17, 15) is 4.79 Å². The third-order valence-corrected chi connectivity index (χ3v) is 3.30. The van der Waals surface area contributed by atoms with Gasteiger partial charge in [0.25, 0.3) is 5.56 Å². The van der Waals surface area contributed by atoms with E-state index in [1.165, 1.54) is 25.3 Å². The number of rotatable bonds is 3. The zero-order valence-corrected chi connectivity index (χ0v) is 9.35. The largest absolute Gasteiger partial charge is 0.394 e. The molecule has 4 N–H and O–H groups in total. The molecule has 1 heterocycles. The quantitative estimate of drug-likeness (QED) is 0.707. The van der Waals surface area contributed by atoms with E-state index >= 15 is 0 Å². The van der Waals surface area contributed by atoms with Gasteiger partial charge in [0.05, 0.1) is 24.4 Å².